The van der Waals surface area contributed by atoms with Gasteiger partial charge in [0.25, 0.3) is 0 Å². The summed E-state index contributed by atoms with van der Waals surface area (Å²) < 4.78 is 10.7. The minimum atomic E-state index is -0.689. The Morgan fingerprint density at radius 3 is 2.39 bits per heavy atom. The number of aliphatic hydroxyl groups is 1. The van der Waals surface area contributed by atoms with E-state index in [9.17, 15) is 9.90 Å². The van der Waals surface area contributed by atoms with E-state index < -0.39 is 12.2 Å². The van der Waals surface area contributed by atoms with Crippen molar-refractivity contribution >= 4 is 42.5 Å². The van der Waals surface area contributed by atoms with E-state index in [0.29, 0.717) is 23.7 Å². The SMILES string of the molecule is C=CCC(C)(C)NC(=O)OCc1ccccc1.CC(C)(CCCc1ccccn1)NCC(O)COc1cccc(Cl)c1C#N.Cl.Cl. The van der Waals surface area contributed by atoms with Crippen LogP contribution in [0, 0.1) is 11.3 Å². The lowest BCUT2D eigenvalue weighted by molar-refractivity contribution is 0.0978. The number of ether oxygens (including phenoxy) is 2. The highest BCUT2D eigenvalue weighted by molar-refractivity contribution is 6.31. The smallest absolute Gasteiger partial charge is 0.407 e. The molecular weight excluding hydrogens is 647 g/mol. The largest absolute Gasteiger partial charge is 0.489 e. The number of aryl methyl sites for hydroxylation is 1. The number of aliphatic hydroxyl groups excluding tert-OH is 1. The van der Waals surface area contributed by atoms with Gasteiger partial charge in [-0.15, -0.1) is 31.4 Å². The maximum absolute atomic E-state index is 11.5. The van der Waals surface area contributed by atoms with E-state index in [2.05, 4.69) is 36.0 Å². The molecule has 3 aromatic rings. The second-order valence-electron chi connectivity index (χ2n) is 11.7. The minimum Gasteiger partial charge on any atom is -0.489 e. The Kier molecular flexibility index (Phi) is 20.6. The van der Waals surface area contributed by atoms with E-state index in [1.165, 1.54) is 0 Å². The van der Waals surface area contributed by atoms with Crippen molar-refractivity contribution < 1.29 is 19.4 Å². The van der Waals surface area contributed by atoms with Crippen LogP contribution in [-0.2, 0) is 17.8 Å². The monoisotopic (exact) mass is 692 g/mol. The average molecular weight is 694 g/mol. The van der Waals surface area contributed by atoms with Gasteiger partial charge in [-0.25, -0.2) is 4.79 Å². The molecule has 11 heteroatoms. The first kappa shape index (κ1) is 42.7. The Morgan fingerprint density at radius 2 is 1.76 bits per heavy atom. The fraction of sp³-hybridized carbons (Fsp3) is 0.400. The zero-order valence-electron chi connectivity index (χ0n) is 27.0. The molecule has 1 aromatic heterocycles. The van der Waals surface area contributed by atoms with Gasteiger partial charge in [0.2, 0.25) is 0 Å². The Balaban J connectivity index is 0.000000927. The number of carbonyl (C=O) groups is 1. The number of hydrogen-bond donors (Lipinski definition) is 3. The highest BCUT2D eigenvalue weighted by Crippen LogP contribution is 2.25. The first-order chi connectivity index (χ1) is 20.9. The number of rotatable bonds is 15. The maximum Gasteiger partial charge on any atom is 0.407 e. The Hall–Kier alpha value is -3.32. The van der Waals surface area contributed by atoms with Crippen LogP contribution in [0.4, 0.5) is 4.79 Å². The van der Waals surface area contributed by atoms with Crippen LogP contribution in [-0.4, -0.2) is 46.5 Å². The van der Waals surface area contributed by atoms with Crippen molar-refractivity contribution in [2.45, 2.75) is 77.2 Å². The fourth-order valence-electron chi connectivity index (χ4n) is 4.17. The van der Waals surface area contributed by atoms with E-state index in [1.807, 2.05) is 74.6 Å². The van der Waals surface area contributed by atoms with Crippen LogP contribution >= 0.6 is 36.4 Å². The molecule has 0 fully saturated rings. The molecule has 2 aromatic carbocycles. The molecule has 1 unspecified atom stereocenters. The summed E-state index contributed by atoms with van der Waals surface area (Å²) >= 11 is 5.98. The number of hydrogen-bond acceptors (Lipinski definition) is 7. The van der Waals surface area contributed by atoms with Gasteiger partial charge in [0, 0.05) is 29.5 Å². The van der Waals surface area contributed by atoms with Crippen LogP contribution in [0.1, 0.15) is 63.8 Å². The average Bonchev–Trinajstić information content (AvgIpc) is 2.99. The van der Waals surface area contributed by atoms with Crippen LogP contribution in [0.5, 0.6) is 5.75 Å². The molecule has 3 N–H and O–H groups in total. The number of aromatic nitrogens is 1. The summed E-state index contributed by atoms with van der Waals surface area (Å²) in [7, 11) is 0. The van der Waals surface area contributed by atoms with Gasteiger partial charge in [0.15, 0.2) is 0 Å². The summed E-state index contributed by atoms with van der Waals surface area (Å²) in [4.78, 5) is 15.9. The van der Waals surface area contributed by atoms with Crippen molar-refractivity contribution in [3.8, 4) is 11.8 Å². The van der Waals surface area contributed by atoms with Crippen LogP contribution in [0.3, 0.4) is 0 Å². The van der Waals surface area contributed by atoms with Gasteiger partial charge in [0.1, 0.15) is 36.7 Å². The Morgan fingerprint density at radius 1 is 1.07 bits per heavy atom. The van der Waals surface area contributed by atoms with Gasteiger partial charge in [-0.2, -0.15) is 5.26 Å². The van der Waals surface area contributed by atoms with Crippen molar-refractivity contribution in [2.24, 2.45) is 0 Å². The molecular formula is C35H47Cl3N4O4. The first-order valence-corrected chi connectivity index (χ1v) is 15.1. The normalized spacial score (nSPS) is 11.2. The predicted molar refractivity (Wildman–Crippen MR) is 190 cm³/mol. The molecule has 0 spiro atoms. The summed E-state index contributed by atoms with van der Waals surface area (Å²) in [5.74, 6) is 0.388. The van der Waals surface area contributed by atoms with E-state index >= 15 is 0 Å². The van der Waals surface area contributed by atoms with Crippen LogP contribution in [0.2, 0.25) is 5.02 Å². The molecule has 1 atom stereocenters. The molecule has 1 heterocycles. The van der Waals surface area contributed by atoms with Crippen molar-refractivity contribution in [3.05, 3.63) is 107 Å². The van der Waals surface area contributed by atoms with Crippen LogP contribution in [0.25, 0.3) is 0 Å². The van der Waals surface area contributed by atoms with Crippen molar-refractivity contribution in [2.75, 3.05) is 13.2 Å². The molecule has 0 bridgehead atoms. The van der Waals surface area contributed by atoms with Gasteiger partial charge < -0.3 is 25.2 Å². The number of β-amino-alcohol motifs (C(OH)–C–C–N with tert-alkyl or cyclic N) is 1. The van der Waals surface area contributed by atoms with Gasteiger partial charge >= 0.3 is 6.09 Å². The predicted octanol–water partition coefficient (Wildman–Crippen LogP) is 7.85. The second kappa shape index (κ2) is 22.2. The standard InChI is InChI=1S/C21H26ClN3O2.C14H19NO2.2ClH/c1-21(2,11-6-8-16-7-3-4-12-24-16)25-14-17(26)15-27-20-10-5-9-19(22)18(20)13-23;1-4-10-14(2,3)15-13(16)17-11-12-8-6-5-7-9-12;;/h3-5,7,9-10,12,17,25-26H,6,8,11,14-15H2,1-2H3;4-9H,1,10-11H2,2-3H3,(H,15,16);2*1H. The van der Waals surface area contributed by atoms with Crippen molar-refractivity contribution in [3.63, 3.8) is 0 Å². The second-order valence-corrected chi connectivity index (χ2v) is 12.1. The van der Waals surface area contributed by atoms with Crippen LogP contribution in [0.15, 0.2) is 85.6 Å². The van der Waals surface area contributed by atoms with E-state index in [-0.39, 0.29) is 54.7 Å². The molecule has 3 rings (SSSR count). The third-order valence-corrected chi connectivity index (χ3v) is 6.92. The summed E-state index contributed by atoms with van der Waals surface area (Å²) in [5, 5.41) is 25.9. The molecule has 0 radical (unpaired) electrons. The number of nitrogens with one attached hydrogen (secondary N) is 2. The molecule has 8 nitrogen and oxygen atoms in total. The summed E-state index contributed by atoms with van der Waals surface area (Å²) in [6, 6.07) is 22.6. The van der Waals surface area contributed by atoms with Gasteiger partial charge in [0.05, 0.1) is 5.02 Å². The molecule has 0 aliphatic carbocycles. The maximum atomic E-state index is 11.5. The number of pyridine rings is 1. The fourth-order valence-corrected chi connectivity index (χ4v) is 4.37. The number of benzene rings is 2. The highest BCUT2D eigenvalue weighted by Gasteiger charge is 2.20. The first-order valence-electron chi connectivity index (χ1n) is 14.7. The number of halogens is 3. The zero-order valence-corrected chi connectivity index (χ0v) is 29.4. The number of nitriles is 1. The minimum absolute atomic E-state index is 0. The molecule has 0 aliphatic rings. The topological polar surface area (TPSA) is 116 Å². The van der Waals surface area contributed by atoms with E-state index in [1.54, 1.807) is 24.3 Å². The Labute approximate surface area is 291 Å². The lowest BCUT2D eigenvalue weighted by atomic mass is 9.96. The number of nitrogens with zero attached hydrogens (tertiary/aromatic N) is 2. The number of carbonyl (C=O) groups excluding carboxylic acids is 1. The lowest BCUT2D eigenvalue weighted by Crippen LogP contribution is -2.44. The molecule has 0 aliphatic heterocycles. The van der Waals surface area contributed by atoms with E-state index in [4.69, 9.17) is 26.3 Å². The van der Waals surface area contributed by atoms with Gasteiger partial charge in [-0.1, -0.05) is 60.1 Å². The molecule has 0 saturated carbocycles. The lowest BCUT2D eigenvalue weighted by Gasteiger charge is -2.28. The third kappa shape index (κ3) is 17.4. The van der Waals surface area contributed by atoms with Gasteiger partial charge in [-0.05, 0) is 83.2 Å². The molecule has 46 heavy (non-hydrogen) atoms. The highest BCUT2D eigenvalue weighted by atomic mass is 35.5. The quantitative estimate of drug-likeness (QED) is 0.139. The van der Waals surface area contributed by atoms with Crippen molar-refractivity contribution in [1.29, 1.82) is 5.26 Å². The molecule has 0 saturated heterocycles. The third-order valence-electron chi connectivity index (χ3n) is 6.60. The van der Waals surface area contributed by atoms with Crippen LogP contribution < -0.4 is 15.4 Å². The van der Waals surface area contributed by atoms with E-state index in [0.717, 1.165) is 30.5 Å². The summed E-state index contributed by atoms with van der Waals surface area (Å²) in [5.41, 5.74) is 1.92. The summed E-state index contributed by atoms with van der Waals surface area (Å²) in [6.45, 7) is 12.5. The zero-order chi connectivity index (χ0) is 32.4. The molecule has 252 valence electrons. The van der Waals surface area contributed by atoms with Gasteiger partial charge in [-0.3, -0.25) is 4.98 Å². The number of amides is 1. The van der Waals surface area contributed by atoms with Crippen molar-refractivity contribution in [1.82, 2.24) is 15.6 Å². The number of alkyl carbamates (subject to hydrolysis) is 1. The Bertz CT molecular complexity index is 1340. The summed E-state index contributed by atoms with van der Waals surface area (Å²) in [6.07, 6.45) is 6.11. The molecule has 1 amide bonds.